The van der Waals surface area contributed by atoms with E-state index in [0.717, 1.165) is 18.2 Å². The summed E-state index contributed by atoms with van der Waals surface area (Å²) in [4.78, 5) is 11.3. The van der Waals surface area contributed by atoms with E-state index in [1.165, 1.54) is 6.07 Å². The van der Waals surface area contributed by atoms with Crippen LogP contribution in [0.25, 0.3) is 11.3 Å². The number of carbonyl (C=O) groups excluding carboxylic acids is 1. The number of carbonyl (C=O) groups is 1. The molecule has 0 aliphatic heterocycles. The van der Waals surface area contributed by atoms with Gasteiger partial charge in [0.25, 0.3) is 0 Å². The average molecular weight is 253 g/mol. The third kappa shape index (κ3) is 2.22. The molecule has 0 amide bonds. The summed E-state index contributed by atoms with van der Waals surface area (Å²) in [5.41, 5.74) is -0.491. The molecule has 0 N–H and O–H groups in total. The van der Waals surface area contributed by atoms with E-state index in [1.807, 2.05) is 0 Å². The third-order valence-corrected chi connectivity index (χ3v) is 2.20. The van der Waals surface area contributed by atoms with Gasteiger partial charge in [-0.2, -0.15) is 0 Å². The highest BCUT2D eigenvalue weighted by molar-refractivity contribution is 5.88. The van der Waals surface area contributed by atoms with Crippen LogP contribution in [0.1, 0.15) is 17.4 Å². The maximum Gasteiger partial charge on any atom is 0.360 e. The smallest absolute Gasteiger partial charge is 0.360 e. The van der Waals surface area contributed by atoms with E-state index >= 15 is 0 Å². The minimum atomic E-state index is -0.790. The molecule has 6 heteroatoms. The molecule has 0 aliphatic carbocycles. The van der Waals surface area contributed by atoms with Crippen molar-refractivity contribution in [1.82, 2.24) is 5.16 Å². The number of hydrogen-bond acceptors (Lipinski definition) is 4. The minimum Gasteiger partial charge on any atom is -0.461 e. The third-order valence-electron chi connectivity index (χ3n) is 2.20. The number of halogens is 2. The first-order valence-corrected chi connectivity index (χ1v) is 5.21. The highest BCUT2D eigenvalue weighted by Gasteiger charge is 2.19. The van der Waals surface area contributed by atoms with E-state index in [0.29, 0.717) is 0 Å². The number of aromatic nitrogens is 1. The van der Waals surface area contributed by atoms with Crippen LogP contribution in [0.3, 0.4) is 0 Å². The largest absolute Gasteiger partial charge is 0.461 e. The molecule has 0 unspecified atom stereocenters. The Kier molecular flexibility index (Phi) is 3.36. The van der Waals surface area contributed by atoms with E-state index in [9.17, 15) is 13.6 Å². The molecule has 0 spiro atoms. The zero-order chi connectivity index (χ0) is 13.1. The lowest BCUT2D eigenvalue weighted by Gasteiger charge is -1.98. The lowest BCUT2D eigenvalue weighted by molar-refractivity contribution is 0.0514. The lowest BCUT2D eigenvalue weighted by atomic mass is 10.1. The normalized spacial score (nSPS) is 10.4. The summed E-state index contributed by atoms with van der Waals surface area (Å²) < 4.78 is 36.3. The van der Waals surface area contributed by atoms with Crippen LogP contribution in [-0.2, 0) is 4.74 Å². The van der Waals surface area contributed by atoms with Gasteiger partial charge in [-0.3, -0.25) is 0 Å². The number of esters is 1. The van der Waals surface area contributed by atoms with E-state index in [2.05, 4.69) is 9.89 Å². The summed E-state index contributed by atoms with van der Waals surface area (Å²) in [5.74, 6) is -2.44. The molecule has 4 nitrogen and oxygen atoms in total. The van der Waals surface area contributed by atoms with Gasteiger partial charge in [-0.25, -0.2) is 13.6 Å². The van der Waals surface area contributed by atoms with Crippen molar-refractivity contribution in [1.29, 1.82) is 0 Å². The summed E-state index contributed by atoms with van der Waals surface area (Å²) in [5, 5.41) is 3.41. The fourth-order valence-corrected chi connectivity index (χ4v) is 1.43. The summed E-state index contributed by atoms with van der Waals surface area (Å²) in [6, 6.07) is 4.55. The first kappa shape index (κ1) is 12.2. The molecule has 0 bridgehead atoms. The molecule has 2 aromatic rings. The Balaban J connectivity index is 2.38. The van der Waals surface area contributed by atoms with Crippen LogP contribution in [0.2, 0.25) is 0 Å². The average Bonchev–Trinajstić information content (AvgIpc) is 2.78. The second-order valence-corrected chi connectivity index (χ2v) is 3.39. The van der Waals surface area contributed by atoms with Crippen molar-refractivity contribution in [2.45, 2.75) is 6.92 Å². The SMILES string of the molecule is CCOC(=O)c1cc(-c2c(F)cccc2F)on1. The Bertz CT molecular complexity index is 560. The van der Waals surface area contributed by atoms with Crippen LogP contribution in [0.5, 0.6) is 0 Å². The molecule has 18 heavy (non-hydrogen) atoms. The molecule has 1 heterocycles. The molecule has 1 aromatic carbocycles. The van der Waals surface area contributed by atoms with Gasteiger partial charge in [-0.1, -0.05) is 11.2 Å². The molecule has 0 saturated heterocycles. The Labute approximate surface area is 101 Å². The maximum atomic E-state index is 13.5. The van der Waals surface area contributed by atoms with Gasteiger partial charge in [-0.05, 0) is 19.1 Å². The van der Waals surface area contributed by atoms with E-state index < -0.39 is 17.6 Å². The van der Waals surface area contributed by atoms with Crippen molar-refractivity contribution in [2.24, 2.45) is 0 Å². The Hall–Kier alpha value is -2.24. The standard InChI is InChI=1S/C12H9F2NO3/c1-2-17-12(16)9-6-10(18-15-9)11-7(13)4-3-5-8(11)14/h3-6H,2H2,1H3. The topological polar surface area (TPSA) is 52.3 Å². The van der Waals surface area contributed by atoms with Crippen molar-refractivity contribution < 1.29 is 22.8 Å². The summed E-state index contributed by atoms with van der Waals surface area (Å²) in [6.45, 7) is 1.81. The van der Waals surface area contributed by atoms with Gasteiger partial charge in [0.15, 0.2) is 11.5 Å². The van der Waals surface area contributed by atoms with Crippen molar-refractivity contribution in [3.05, 3.63) is 41.6 Å². The van der Waals surface area contributed by atoms with Crippen LogP contribution in [0, 0.1) is 11.6 Å². The van der Waals surface area contributed by atoms with Gasteiger partial charge in [0.2, 0.25) is 0 Å². The molecule has 0 aliphatic rings. The first-order chi connectivity index (χ1) is 8.63. The molecule has 1 aromatic heterocycles. The highest BCUT2D eigenvalue weighted by Crippen LogP contribution is 2.26. The molecular weight excluding hydrogens is 244 g/mol. The number of rotatable bonds is 3. The van der Waals surface area contributed by atoms with Gasteiger partial charge < -0.3 is 9.26 Å². The van der Waals surface area contributed by atoms with Gasteiger partial charge in [-0.15, -0.1) is 0 Å². The molecule has 94 valence electrons. The number of hydrogen-bond donors (Lipinski definition) is 0. The predicted molar refractivity (Wildman–Crippen MR) is 57.8 cm³/mol. The van der Waals surface area contributed by atoms with Crippen LogP contribution in [0.15, 0.2) is 28.8 Å². The molecule has 0 fully saturated rings. The monoisotopic (exact) mass is 253 g/mol. The number of ether oxygens (including phenoxy) is 1. The van der Waals surface area contributed by atoms with Crippen molar-refractivity contribution in [3.8, 4) is 11.3 Å². The highest BCUT2D eigenvalue weighted by atomic mass is 19.1. The van der Waals surface area contributed by atoms with E-state index in [-0.39, 0.29) is 23.6 Å². The van der Waals surface area contributed by atoms with Crippen LogP contribution < -0.4 is 0 Å². The van der Waals surface area contributed by atoms with Gasteiger partial charge in [0, 0.05) is 6.07 Å². The second kappa shape index (κ2) is 4.95. The van der Waals surface area contributed by atoms with Gasteiger partial charge >= 0.3 is 5.97 Å². The predicted octanol–water partition coefficient (Wildman–Crippen LogP) is 2.80. The van der Waals surface area contributed by atoms with Crippen molar-refractivity contribution in [3.63, 3.8) is 0 Å². The molecule has 0 radical (unpaired) electrons. The molecular formula is C12H9F2NO3. The summed E-state index contributed by atoms with van der Waals surface area (Å²) in [6.07, 6.45) is 0. The lowest BCUT2D eigenvalue weighted by Crippen LogP contribution is -2.04. The fourth-order valence-electron chi connectivity index (χ4n) is 1.43. The zero-order valence-electron chi connectivity index (χ0n) is 9.44. The zero-order valence-corrected chi connectivity index (χ0v) is 9.44. The number of benzene rings is 1. The maximum absolute atomic E-state index is 13.5. The second-order valence-electron chi connectivity index (χ2n) is 3.39. The fraction of sp³-hybridized carbons (Fsp3) is 0.167. The first-order valence-electron chi connectivity index (χ1n) is 5.21. The van der Waals surface area contributed by atoms with Crippen LogP contribution in [-0.4, -0.2) is 17.7 Å². The van der Waals surface area contributed by atoms with Crippen molar-refractivity contribution in [2.75, 3.05) is 6.61 Å². The molecule has 0 saturated carbocycles. The van der Waals surface area contributed by atoms with Crippen molar-refractivity contribution >= 4 is 5.97 Å². The van der Waals surface area contributed by atoms with E-state index in [4.69, 9.17) is 4.52 Å². The Morgan fingerprint density at radius 2 is 2.06 bits per heavy atom. The summed E-state index contributed by atoms with van der Waals surface area (Å²) in [7, 11) is 0. The minimum absolute atomic E-state index is 0.130. The Morgan fingerprint density at radius 3 is 2.67 bits per heavy atom. The van der Waals surface area contributed by atoms with Crippen LogP contribution in [0.4, 0.5) is 8.78 Å². The van der Waals surface area contributed by atoms with Crippen LogP contribution >= 0.6 is 0 Å². The summed E-state index contributed by atoms with van der Waals surface area (Å²) >= 11 is 0. The van der Waals surface area contributed by atoms with Gasteiger partial charge in [0.1, 0.15) is 11.6 Å². The Morgan fingerprint density at radius 1 is 1.39 bits per heavy atom. The van der Waals surface area contributed by atoms with E-state index in [1.54, 1.807) is 6.92 Å². The van der Waals surface area contributed by atoms with Gasteiger partial charge in [0.05, 0.1) is 12.2 Å². The molecule has 0 atom stereocenters. The number of nitrogens with zero attached hydrogens (tertiary/aromatic N) is 1. The quantitative estimate of drug-likeness (QED) is 0.789. The molecule has 2 rings (SSSR count).